The van der Waals surface area contributed by atoms with E-state index >= 15 is 0 Å². The lowest BCUT2D eigenvalue weighted by atomic mass is 9.83. The van der Waals surface area contributed by atoms with Crippen LogP contribution in [0.15, 0.2) is 54.6 Å². The quantitative estimate of drug-likeness (QED) is 0.371. The summed E-state index contributed by atoms with van der Waals surface area (Å²) in [6.45, 7) is 5.43. The van der Waals surface area contributed by atoms with Crippen LogP contribution in [0.4, 0.5) is 0 Å². The number of benzene rings is 2. The summed E-state index contributed by atoms with van der Waals surface area (Å²) in [5.74, 6) is -1.88. The average Bonchev–Trinajstić information content (AvgIpc) is 2.92. The highest BCUT2D eigenvalue weighted by atomic mass is 16.4. The van der Waals surface area contributed by atoms with Gasteiger partial charge < -0.3 is 20.6 Å². The van der Waals surface area contributed by atoms with E-state index in [1.165, 1.54) is 22.4 Å². The van der Waals surface area contributed by atoms with Gasteiger partial charge in [0.15, 0.2) is 0 Å². The average molecular weight is 549 g/mol. The van der Waals surface area contributed by atoms with Gasteiger partial charge in [0.1, 0.15) is 6.04 Å². The number of hydrogen-bond donors (Lipinski definition) is 3. The van der Waals surface area contributed by atoms with Crippen molar-refractivity contribution in [2.24, 2.45) is 5.92 Å². The first-order valence-corrected chi connectivity index (χ1v) is 14.2. The summed E-state index contributed by atoms with van der Waals surface area (Å²) in [6, 6.07) is 14.2. The lowest BCUT2D eigenvalue weighted by Gasteiger charge is -2.42. The second-order valence-corrected chi connectivity index (χ2v) is 10.9. The lowest BCUT2D eigenvalue weighted by molar-refractivity contribution is -0.145. The van der Waals surface area contributed by atoms with Crippen LogP contribution >= 0.6 is 0 Å². The van der Waals surface area contributed by atoms with Gasteiger partial charge in [-0.1, -0.05) is 55.0 Å². The Hall–Kier alpha value is -3.72. The van der Waals surface area contributed by atoms with Crippen LogP contribution in [0, 0.1) is 5.92 Å². The van der Waals surface area contributed by atoms with Crippen molar-refractivity contribution in [3.8, 4) is 0 Å². The molecular weight excluding hydrogens is 508 g/mol. The molecule has 0 aromatic heterocycles. The van der Waals surface area contributed by atoms with Crippen LogP contribution in [0.25, 0.3) is 10.8 Å². The van der Waals surface area contributed by atoms with Crippen molar-refractivity contribution < 1.29 is 24.3 Å². The van der Waals surface area contributed by atoms with Gasteiger partial charge in [-0.2, -0.15) is 0 Å². The van der Waals surface area contributed by atoms with Crippen molar-refractivity contribution in [3.63, 3.8) is 0 Å². The molecule has 2 aromatic carbocycles. The molecule has 9 nitrogen and oxygen atoms in total. The molecule has 0 spiro atoms. The number of carboxylic acids is 1. The highest BCUT2D eigenvalue weighted by molar-refractivity contribution is 5.91. The maximum atomic E-state index is 13.4. The van der Waals surface area contributed by atoms with Gasteiger partial charge in [-0.25, -0.2) is 4.79 Å². The summed E-state index contributed by atoms with van der Waals surface area (Å²) in [6.07, 6.45) is 6.58. The Labute approximate surface area is 235 Å². The molecular formula is C31H40N4O5. The first-order valence-electron chi connectivity index (χ1n) is 14.2. The van der Waals surface area contributed by atoms with E-state index in [2.05, 4.69) is 64.9 Å². The van der Waals surface area contributed by atoms with E-state index in [1.54, 1.807) is 11.8 Å². The Bertz CT molecular complexity index is 1240. The normalized spacial score (nSPS) is 18.1. The molecule has 0 bridgehead atoms. The molecule has 2 atom stereocenters. The summed E-state index contributed by atoms with van der Waals surface area (Å²) in [5.41, 5.74) is 1.30. The number of carbonyl (C=O) groups excluding carboxylic acids is 3. The van der Waals surface area contributed by atoms with Crippen LogP contribution in [0.2, 0.25) is 0 Å². The number of amides is 3. The number of aliphatic carboxylic acids is 1. The Kier molecular flexibility index (Phi) is 9.93. The molecule has 1 aliphatic heterocycles. The van der Waals surface area contributed by atoms with E-state index in [1.807, 2.05) is 0 Å². The Morgan fingerprint density at radius 1 is 1.02 bits per heavy atom. The predicted molar refractivity (Wildman–Crippen MR) is 153 cm³/mol. The smallest absolute Gasteiger partial charge is 0.328 e. The fraction of sp³-hybridized carbons (Fsp3) is 0.484. The third-order valence-corrected chi connectivity index (χ3v) is 8.24. The standard InChI is InChI=1S/C31H40N4O5/c1-21(30(39)32-17-7-14-29(37)38)33-28(36)20-35(31(40)24-10-5-11-24)25-15-18-34(19-16-25)22(2)26-13-6-9-23-8-3-4-12-27(23)26/h3-4,6-9,12-14,21-22,24-25H,5,10-11,15-20H2,1-2H3,(H,32,39)(H,33,36)(H,37,38)/b14-7+/t21-,22?/m1/s1. The molecule has 1 saturated carbocycles. The minimum absolute atomic E-state index is 0.0258. The van der Waals surface area contributed by atoms with E-state index in [0.29, 0.717) is 0 Å². The molecule has 0 radical (unpaired) electrons. The summed E-state index contributed by atoms with van der Waals surface area (Å²) < 4.78 is 0. The number of rotatable bonds is 11. The van der Waals surface area contributed by atoms with Crippen molar-refractivity contribution in [2.45, 2.75) is 64.1 Å². The molecule has 1 aliphatic carbocycles. The largest absolute Gasteiger partial charge is 0.478 e. The molecule has 3 N–H and O–H groups in total. The van der Waals surface area contributed by atoms with Gasteiger partial charge in [0.05, 0.1) is 6.54 Å². The fourth-order valence-electron chi connectivity index (χ4n) is 5.65. The summed E-state index contributed by atoms with van der Waals surface area (Å²) in [5, 5.41) is 16.4. The minimum atomic E-state index is -1.10. The fourth-order valence-corrected chi connectivity index (χ4v) is 5.65. The topological polar surface area (TPSA) is 119 Å². The zero-order chi connectivity index (χ0) is 28.6. The number of likely N-dealkylation sites (tertiary alicyclic amines) is 1. The maximum Gasteiger partial charge on any atom is 0.328 e. The first kappa shape index (κ1) is 29.3. The van der Waals surface area contributed by atoms with Crippen molar-refractivity contribution in [1.29, 1.82) is 0 Å². The van der Waals surface area contributed by atoms with E-state index < -0.39 is 17.9 Å². The van der Waals surface area contributed by atoms with Crippen molar-refractivity contribution in [1.82, 2.24) is 20.4 Å². The van der Waals surface area contributed by atoms with Crippen LogP contribution in [0.3, 0.4) is 0 Å². The molecule has 2 aromatic rings. The molecule has 3 amide bonds. The molecule has 214 valence electrons. The highest BCUT2D eigenvalue weighted by Crippen LogP contribution is 2.33. The number of fused-ring (bicyclic) bond motifs is 1. The van der Waals surface area contributed by atoms with Gasteiger partial charge >= 0.3 is 5.97 Å². The SMILES string of the molecule is CC(c1cccc2ccccc12)N1CCC(N(CC(=O)N[C@H](C)C(=O)NC/C=C/C(=O)O)C(=O)C2CCC2)CC1. The molecule has 2 fully saturated rings. The van der Waals surface area contributed by atoms with Gasteiger partial charge in [0.2, 0.25) is 17.7 Å². The summed E-state index contributed by atoms with van der Waals surface area (Å²) in [4.78, 5) is 53.4. The molecule has 2 aliphatic rings. The molecule has 4 rings (SSSR count). The Morgan fingerprint density at radius 3 is 2.40 bits per heavy atom. The Balaban J connectivity index is 1.35. The molecule has 1 saturated heterocycles. The maximum absolute atomic E-state index is 13.4. The number of carboxylic acid groups (broad SMARTS) is 1. The Morgan fingerprint density at radius 2 is 1.73 bits per heavy atom. The predicted octanol–water partition coefficient (Wildman–Crippen LogP) is 3.26. The number of hydrogen-bond acceptors (Lipinski definition) is 5. The summed E-state index contributed by atoms with van der Waals surface area (Å²) >= 11 is 0. The molecule has 1 heterocycles. The van der Waals surface area contributed by atoms with E-state index in [-0.39, 0.29) is 42.9 Å². The second-order valence-electron chi connectivity index (χ2n) is 10.9. The van der Waals surface area contributed by atoms with Crippen molar-refractivity contribution in [2.75, 3.05) is 26.2 Å². The first-order chi connectivity index (χ1) is 19.2. The van der Waals surface area contributed by atoms with Crippen LogP contribution in [0.1, 0.15) is 57.6 Å². The van der Waals surface area contributed by atoms with Gasteiger partial charge in [-0.3, -0.25) is 19.3 Å². The number of nitrogens with zero attached hydrogens (tertiary/aromatic N) is 2. The third kappa shape index (κ3) is 7.27. The number of nitrogens with one attached hydrogen (secondary N) is 2. The van der Waals surface area contributed by atoms with Gasteiger partial charge in [-0.05, 0) is 55.9 Å². The zero-order valence-corrected chi connectivity index (χ0v) is 23.3. The van der Waals surface area contributed by atoms with Crippen LogP contribution < -0.4 is 10.6 Å². The van der Waals surface area contributed by atoms with Gasteiger partial charge in [0.25, 0.3) is 0 Å². The number of piperidine rings is 1. The minimum Gasteiger partial charge on any atom is -0.478 e. The van der Waals surface area contributed by atoms with Crippen LogP contribution in [-0.2, 0) is 19.2 Å². The third-order valence-electron chi connectivity index (χ3n) is 8.24. The van der Waals surface area contributed by atoms with Gasteiger partial charge in [0, 0.05) is 43.7 Å². The van der Waals surface area contributed by atoms with E-state index in [0.717, 1.165) is 51.3 Å². The van der Waals surface area contributed by atoms with Crippen LogP contribution in [0.5, 0.6) is 0 Å². The van der Waals surface area contributed by atoms with Crippen molar-refractivity contribution >= 4 is 34.5 Å². The highest BCUT2D eigenvalue weighted by Gasteiger charge is 2.36. The monoisotopic (exact) mass is 548 g/mol. The molecule has 40 heavy (non-hydrogen) atoms. The molecule has 1 unspecified atom stereocenters. The zero-order valence-electron chi connectivity index (χ0n) is 23.3. The summed E-state index contributed by atoms with van der Waals surface area (Å²) in [7, 11) is 0. The lowest BCUT2D eigenvalue weighted by Crippen LogP contribution is -2.55. The van der Waals surface area contributed by atoms with E-state index in [9.17, 15) is 19.2 Å². The van der Waals surface area contributed by atoms with Gasteiger partial charge in [-0.15, -0.1) is 0 Å². The molecule has 9 heteroatoms. The van der Waals surface area contributed by atoms with Crippen molar-refractivity contribution in [3.05, 3.63) is 60.2 Å². The van der Waals surface area contributed by atoms with E-state index in [4.69, 9.17) is 5.11 Å². The second kappa shape index (κ2) is 13.6. The van der Waals surface area contributed by atoms with Crippen LogP contribution in [-0.4, -0.2) is 76.9 Å². The number of carbonyl (C=O) groups is 4.